The Bertz CT molecular complexity index is 1290. The van der Waals surface area contributed by atoms with E-state index in [1.165, 1.54) is 24.3 Å². The zero-order valence-corrected chi connectivity index (χ0v) is 21.7. The SMILES string of the molecule is CCOc1cc(C(=S)N2CCN(c3ccccc3F)CC2)cc(Cl)c1OCC(=O)Nc1ccccc1F. The molecule has 1 aliphatic rings. The molecule has 10 heteroatoms. The lowest BCUT2D eigenvalue weighted by Crippen LogP contribution is -2.48. The summed E-state index contributed by atoms with van der Waals surface area (Å²) in [5, 5.41) is 2.69. The molecule has 1 amide bonds. The van der Waals surface area contributed by atoms with E-state index < -0.39 is 18.3 Å². The molecule has 0 spiro atoms. The average Bonchev–Trinajstić information content (AvgIpc) is 2.89. The first-order valence-electron chi connectivity index (χ1n) is 11.8. The second-order valence-electron chi connectivity index (χ2n) is 8.27. The first kappa shape index (κ1) is 26.6. The number of nitrogens with one attached hydrogen (secondary N) is 1. The molecule has 0 bridgehead atoms. The third-order valence-electron chi connectivity index (χ3n) is 5.81. The highest BCUT2D eigenvalue weighted by Gasteiger charge is 2.23. The number of thiocarbonyl (C=S) groups is 1. The van der Waals surface area contributed by atoms with Crippen LogP contribution in [0.4, 0.5) is 20.2 Å². The van der Waals surface area contributed by atoms with Crippen LogP contribution in [0.5, 0.6) is 11.5 Å². The summed E-state index contributed by atoms with van der Waals surface area (Å²) in [7, 11) is 0. The lowest BCUT2D eigenvalue weighted by molar-refractivity contribution is -0.118. The number of halogens is 3. The molecular weight excluding hydrogens is 520 g/mol. The highest BCUT2D eigenvalue weighted by molar-refractivity contribution is 7.80. The van der Waals surface area contributed by atoms with Gasteiger partial charge in [0.1, 0.15) is 16.6 Å². The van der Waals surface area contributed by atoms with Crippen molar-refractivity contribution in [3.05, 3.63) is 82.9 Å². The summed E-state index contributed by atoms with van der Waals surface area (Å²) in [5.41, 5.74) is 1.31. The molecular formula is C27H26ClF2N3O3S. The van der Waals surface area contributed by atoms with Crippen molar-refractivity contribution in [3.8, 4) is 11.5 Å². The van der Waals surface area contributed by atoms with Crippen molar-refractivity contribution in [3.63, 3.8) is 0 Å². The fourth-order valence-corrected chi connectivity index (χ4v) is 4.59. The van der Waals surface area contributed by atoms with E-state index in [4.69, 9.17) is 33.3 Å². The molecule has 0 aliphatic carbocycles. The molecule has 1 fully saturated rings. The molecule has 4 rings (SSSR count). The van der Waals surface area contributed by atoms with Gasteiger partial charge in [0.25, 0.3) is 5.91 Å². The molecule has 0 atom stereocenters. The van der Waals surface area contributed by atoms with E-state index in [2.05, 4.69) is 5.32 Å². The maximum atomic E-state index is 14.2. The minimum atomic E-state index is -0.545. The molecule has 1 heterocycles. The third kappa shape index (κ3) is 6.47. The Hall–Kier alpha value is -3.43. The maximum absolute atomic E-state index is 14.2. The summed E-state index contributed by atoms with van der Waals surface area (Å²) in [6, 6.07) is 16.0. The van der Waals surface area contributed by atoms with Crippen LogP contribution in [0.15, 0.2) is 60.7 Å². The van der Waals surface area contributed by atoms with Gasteiger partial charge in [0.05, 0.1) is 23.0 Å². The van der Waals surface area contributed by atoms with Crippen molar-refractivity contribution in [2.24, 2.45) is 0 Å². The Morgan fingerprint density at radius 1 is 1.00 bits per heavy atom. The van der Waals surface area contributed by atoms with Gasteiger partial charge in [0, 0.05) is 31.7 Å². The van der Waals surface area contributed by atoms with E-state index in [0.29, 0.717) is 54.8 Å². The minimum Gasteiger partial charge on any atom is -0.490 e. The largest absolute Gasteiger partial charge is 0.490 e. The number of amides is 1. The van der Waals surface area contributed by atoms with Crippen molar-refractivity contribution in [2.75, 3.05) is 49.6 Å². The van der Waals surface area contributed by atoms with Crippen LogP contribution >= 0.6 is 23.8 Å². The molecule has 1 saturated heterocycles. The van der Waals surface area contributed by atoms with Crippen LogP contribution in [-0.2, 0) is 4.79 Å². The third-order valence-corrected chi connectivity index (χ3v) is 6.59. The second kappa shape index (κ2) is 12.2. The molecule has 0 unspecified atom stereocenters. The van der Waals surface area contributed by atoms with Gasteiger partial charge in [0.2, 0.25) is 0 Å². The summed E-state index contributed by atoms with van der Waals surface area (Å²) in [6.07, 6.45) is 0. The number of carbonyl (C=O) groups is 1. The van der Waals surface area contributed by atoms with Crippen molar-refractivity contribution >= 4 is 46.1 Å². The van der Waals surface area contributed by atoms with Crippen molar-refractivity contribution in [2.45, 2.75) is 6.92 Å². The molecule has 194 valence electrons. The van der Waals surface area contributed by atoms with Crippen LogP contribution in [0.25, 0.3) is 0 Å². The average molecular weight is 546 g/mol. The number of hydrogen-bond donors (Lipinski definition) is 1. The minimum absolute atomic E-state index is 0.0584. The van der Waals surface area contributed by atoms with E-state index in [1.807, 2.05) is 22.8 Å². The van der Waals surface area contributed by atoms with Crippen LogP contribution in [0.2, 0.25) is 5.02 Å². The van der Waals surface area contributed by atoms with Gasteiger partial charge in [-0.2, -0.15) is 0 Å². The number of anilines is 2. The first-order valence-corrected chi connectivity index (χ1v) is 12.6. The molecule has 0 radical (unpaired) electrons. The summed E-state index contributed by atoms with van der Waals surface area (Å²) < 4.78 is 39.4. The summed E-state index contributed by atoms with van der Waals surface area (Å²) in [6.45, 7) is 4.22. The Morgan fingerprint density at radius 2 is 1.68 bits per heavy atom. The van der Waals surface area contributed by atoms with E-state index in [-0.39, 0.29) is 22.3 Å². The van der Waals surface area contributed by atoms with E-state index in [1.54, 1.807) is 30.3 Å². The summed E-state index contributed by atoms with van der Waals surface area (Å²) >= 11 is 12.3. The number of carbonyl (C=O) groups excluding carboxylic acids is 1. The standard InChI is InChI=1S/C27H26ClF2N3O3S/c1-2-35-24-16-18(27(37)33-13-11-32(12-14-33)23-10-6-4-8-21(23)30)15-19(28)26(24)36-17-25(34)31-22-9-5-3-7-20(22)29/h3-10,15-16H,2,11-14,17H2,1H3,(H,31,34). The summed E-state index contributed by atoms with van der Waals surface area (Å²) in [4.78, 5) is 16.9. The van der Waals surface area contributed by atoms with Crippen molar-refractivity contribution in [1.82, 2.24) is 4.90 Å². The number of piperazine rings is 1. The predicted molar refractivity (Wildman–Crippen MR) is 145 cm³/mol. The second-order valence-corrected chi connectivity index (χ2v) is 9.06. The van der Waals surface area contributed by atoms with Gasteiger partial charge < -0.3 is 24.6 Å². The number of para-hydroxylation sites is 2. The monoisotopic (exact) mass is 545 g/mol. The fourth-order valence-electron chi connectivity index (χ4n) is 4.02. The van der Waals surface area contributed by atoms with Gasteiger partial charge in [-0.3, -0.25) is 4.79 Å². The smallest absolute Gasteiger partial charge is 0.262 e. The first-order chi connectivity index (χ1) is 17.9. The molecule has 1 aliphatic heterocycles. The highest BCUT2D eigenvalue weighted by atomic mass is 35.5. The number of nitrogens with zero attached hydrogens (tertiary/aromatic N) is 2. The van der Waals surface area contributed by atoms with Gasteiger partial charge >= 0.3 is 0 Å². The van der Waals surface area contributed by atoms with Gasteiger partial charge in [-0.15, -0.1) is 0 Å². The molecule has 0 aromatic heterocycles. The molecule has 0 saturated carbocycles. The normalized spacial score (nSPS) is 13.3. The van der Waals surface area contributed by atoms with Crippen molar-refractivity contribution in [1.29, 1.82) is 0 Å². The topological polar surface area (TPSA) is 54.0 Å². The lowest BCUT2D eigenvalue weighted by atomic mass is 10.1. The number of benzene rings is 3. The Labute approximate surface area is 224 Å². The molecule has 1 N–H and O–H groups in total. The highest BCUT2D eigenvalue weighted by Crippen LogP contribution is 2.37. The summed E-state index contributed by atoms with van der Waals surface area (Å²) in [5.74, 6) is -0.795. The van der Waals surface area contributed by atoms with E-state index in [0.717, 1.165) is 0 Å². The Kier molecular flexibility index (Phi) is 8.78. The van der Waals surface area contributed by atoms with E-state index in [9.17, 15) is 13.6 Å². The number of rotatable bonds is 8. The van der Waals surface area contributed by atoms with Gasteiger partial charge in [-0.05, 0) is 43.3 Å². The quantitative estimate of drug-likeness (QED) is 0.376. The number of hydrogen-bond acceptors (Lipinski definition) is 5. The van der Waals surface area contributed by atoms with Crippen LogP contribution in [-0.4, -0.2) is 55.2 Å². The predicted octanol–water partition coefficient (Wildman–Crippen LogP) is 5.53. The zero-order chi connectivity index (χ0) is 26.4. The van der Waals surface area contributed by atoms with E-state index >= 15 is 0 Å². The Balaban J connectivity index is 1.42. The lowest BCUT2D eigenvalue weighted by Gasteiger charge is -2.37. The molecule has 6 nitrogen and oxygen atoms in total. The Morgan fingerprint density at radius 3 is 2.35 bits per heavy atom. The van der Waals surface area contributed by atoms with Crippen LogP contribution in [0.3, 0.4) is 0 Å². The fraction of sp³-hybridized carbons (Fsp3) is 0.259. The zero-order valence-electron chi connectivity index (χ0n) is 20.2. The molecule has 3 aromatic carbocycles. The number of ether oxygens (including phenoxy) is 2. The maximum Gasteiger partial charge on any atom is 0.262 e. The van der Waals surface area contributed by atoms with Crippen LogP contribution in [0.1, 0.15) is 12.5 Å². The van der Waals surface area contributed by atoms with Crippen LogP contribution < -0.4 is 19.7 Å². The van der Waals surface area contributed by atoms with Crippen LogP contribution in [0, 0.1) is 11.6 Å². The molecule has 3 aromatic rings. The van der Waals surface area contributed by atoms with Gasteiger partial charge in [-0.25, -0.2) is 8.78 Å². The van der Waals surface area contributed by atoms with Crippen molar-refractivity contribution < 1.29 is 23.0 Å². The molecule has 37 heavy (non-hydrogen) atoms. The van der Waals surface area contributed by atoms with Gasteiger partial charge in [-0.1, -0.05) is 48.1 Å². The van der Waals surface area contributed by atoms with Gasteiger partial charge in [0.15, 0.2) is 18.1 Å².